The third kappa shape index (κ3) is 2.70. The molecule has 0 radical (unpaired) electrons. The van der Waals surface area contributed by atoms with Crippen LogP contribution >= 0.6 is 43.2 Å². The van der Waals surface area contributed by atoms with Gasteiger partial charge in [-0.2, -0.15) is 0 Å². The summed E-state index contributed by atoms with van der Waals surface area (Å²) < 4.78 is 1.08. The van der Waals surface area contributed by atoms with E-state index in [4.69, 9.17) is 0 Å². The van der Waals surface area contributed by atoms with Gasteiger partial charge in [0.25, 0.3) is 0 Å². The number of aromatic nitrogens is 2. The van der Waals surface area contributed by atoms with Crippen molar-refractivity contribution >= 4 is 43.2 Å². The van der Waals surface area contributed by atoms with Crippen LogP contribution in [0.4, 0.5) is 0 Å². The van der Waals surface area contributed by atoms with Gasteiger partial charge in [0.05, 0.1) is 4.83 Å². The minimum Gasteiger partial charge on any atom is -0.142 e. The first kappa shape index (κ1) is 12.2. The molecule has 1 unspecified atom stereocenters. The summed E-state index contributed by atoms with van der Waals surface area (Å²) in [5.74, 6) is 0. The fourth-order valence-electron chi connectivity index (χ4n) is 1.24. The van der Waals surface area contributed by atoms with E-state index in [0.29, 0.717) is 4.83 Å². The van der Waals surface area contributed by atoms with Crippen LogP contribution in [0.5, 0.6) is 0 Å². The van der Waals surface area contributed by atoms with Crippen molar-refractivity contribution in [1.29, 1.82) is 0 Å². The Balaban J connectivity index is 2.28. The first-order chi connectivity index (χ1) is 7.70. The molecule has 2 nitrogen and oxygen atoms in total. The molecule has 0 fully saturated rings. The van der Waals surface area contributed by atoms with Crippen molar-refractivity contribution in [3.05, 3.63) is 33.7 Å². The maximum atomic E-state index is 4.21. The molecular weight excluding hydrogens is 352 g/mol. The predicted octanol–water partition coefficient (Wildman–Crippen LogP) is 4.81. The van der Waals surface area contributed by atoms with E-state index >= 15 is 0 Å². The summed E-state index contributed by atoms with van der Waals surface area (Å²) in [5, 5.41) is 10.4. The molecule has 0 saturated carbocycles. The molecule has 0 aliphatic carbocycles. The molecule has 5 heteroatoms. The molecule has 1 aromatic heterocycles. The number of benzene rings is 1. The zero-order valence-electron chi connectivity index (χ0n) is 8.65. The second-order valence-electron chi connectivity index (χ2n) is 3.33. The highest BCUT2D eigenvalue weighted by molar-refractivity contribution is 9.10. The van der Waals surface area contributed by atoms with E-state index in [1.807, 2.05) is 24.3 Å². The highest BCUT2D eigenvalue weighted by atomic mass is 79.9. The molecular formula is C11H10Br2N2S. The number of alkyl halides is 1. The fraction of sp³-hybridized carbons (Fsp3) is 0.273. The molecule has 1 heterocycles. The van der Waals surface area contributed by atoms with Crippen LogP contribution in [0.1, 0.15) is 23.2 Å². The van der Waals surface area contributed by atoms with Crippen molar-refractivity contribution < 1.29 is 0 Å². The van der Waals surface area contributed by atoms with Crippen LogP contribution in [0.15, 0.2) is 28.7 Å². The molecule has 2 aromatic rings. The summed E-state index contributed by atoms with van der Waals surface area (Å²) in [7, 11) is 0. The Bertz CT molecular complexity index is 467. The minimum atomic E-state index is 0.314. The minimum absolute atomic E-state index is 0.314. The van der Waals surface area contributed by atoms with Gasteiger partial charge in [0.2, 0.25) is 0 Å². The number of hydrogen-bond donors (Lipinski definition) is 0. The average molecular weight is 362 g/mol. The number of halogens is 2. The average Bonchev–Trinajstić information content (AvgIpc) is 2.78. The van der Waals surface area contributed by atoms with E-state index in [-0.39, 0.29) is 0 Å². The summed E-state index contributed by atoms with van der Waals surface area (Å²) >= 11 is 8.64. The predicted molar refractivity (Wildman–Crippen MR) is 75.0 cm³/mol. The second-order valence-corrected chi connectivity index (χ2v) is 6.36. The zero-order valence-corrected chi connectivity index (χ0v) is 12.6. The summed E-state index contributed by atoms with van der Waals surface area (Å²) in [4.78, 5) is 0.314. The summed E-state index contributed by atoms with van der Waals surface area (Å²) in [6, 6.07) is 8.12. The van der Waals surface area contributed by atoms with Gasteiger partial charge in [-0.15, -0.1) is 10.2 Å². The third-order valence-electron chi connectivity index (χ3n) is 2.16. The van der Waals surface area contributed by atoms with Crippen LogP contribution in [0, 0.1) is 0 Å². The molecule has 0 spiro atoms. The lowest BCUT2D eigenvalue weighted by Gasteiger charge is -1.98. The molecule has 0 saturated heterocycles. The lowest BCUT2D eigenvalue weighted by Crippen LogP contribution is -1.84. The van der Waals surface area contributed by atoms with Crippen LogP contribution < -0.4 is 0 Å². The molecule has 1 atom stereocenters. The van der Waals surface area contributed by atoms with Crippen molar-refractivity contribution in [2.24, 2.45) is 0 Å². The van der Waals surface area contributed by atoms with E-state index in [9.17, 15) is 0 Å². The molecule has 0 N–H and O–H groups in total. The smallest absolute Gasteiger partial charge is 0.142 e. The van der Waals surface area contributed by atoms with E-state index in [1.54, 1.807) is 11.3 Å². The third-order valence-corrected chi connectivity index (χ3v) is 5.16. The van der Waals surface area contributed by atoms with Crippen molar-refractivity contribution in [2.45, 2.75) is 18.2 Å². The first-order valence-corrected chi connectivity index (χ1v) is 7.46. The van der Waals surface area contributed by atoms with E-state index < -0.39 is 0 Å². The molecule has 1 aromatic carbocycles. The van der Waals surface area contributed by atoms with Gasteiger partial charge in [-0.05, 0) is 18.6 Å². The Kier molecular flexibility index (Phi) is 4.10. The van der Waals surface area contributed by atoms with E-state index in [1.165, 1.54) is 0 Å². The van der Waals surface area contributed by atoms with Crippen LogP contribution in [0.3, 0.4) is 0 Å². The lowest BCUT2D eigenvalue weighted by molar-refractivity contribution is 0.870. The maximum absolute atomic E-state index is 4.21. The zero-order chi connectivity index (χ0) is 11.5. The monoisotopic (exact) mass is 360 g/mol. The van der Waals surface area contributed by atoms with Gasteiger partial charge in [-0.3, -0.25) is 0 Å². The Labute approximate surface area is 115 Å². The van der Waals surface area contributed by atoms with Crippen LogP contribution in [-0.4, -0.2) is 10.2 Å². The topological polar surface area (TPSA) is 25.8 Å². The molecule has 0 amide bonds. The molecule has 16 heavy (non-hydrogen) atoms. The van der Waals surface area contributed by atoms with Gasteiger partial charge in [-0.1, -0.05) is 62.3 Å². The van der Waals surface area contributed by atoms with E-state index in [0.717, 1.165) is 26.5 Å². The second kappa shape index (κ2) is 5.38. The molecule has 0 aliphatic rings. The van der Waals surface area contributed by atoms with Crippen LogP contribution in [-0.2, 0) is 0 Å². The van der Waals surface area contributed by atoms with Gasteiger partial charge in [0.15, 0.2) is 0 Å². The molecule has 0 bridgehead atoms. The fourth-order valence-corrected chi connectivity index (χ4v) is 2.79. The highest BCUT2D eigenvalue weighted by Crippen LogP contribution is 2.32. The standard InChI is InChI=1S/C11H10Br2N2S/c1-2-9(13)11-15-14-10(16-11)7-3-5-8(12)6-4-7/h3-6,9H,2H2,1H3. The van der Waals surface area contributed by atoms with Gasteiger partial charge in [-0.25, -0.2) is 0 Å². The van der Waals surface area contributed by atoms with Crippen molar-refractivity contribution in [2.75, 3.05) is 0 Å². The highest BCUT2D eigenvalue weighted by Gasteiger charge is 2.12. The number of nitrogens with zero attached hydrogens (tertiary/aromatic N) is 2. The first-order valence-electron chi connectivity index (χ1n) is 4.94. The lowest BCUT2D eigenvalue weighted by atomic mass is 10.2. The van der Waals surface area contributed by atoms with Crippen LogP contribution in [0.2, 0.25) is 0 Å². The summed E-state index contributed by atoms with van der Waals surface area (Å²) in [6.45, 7) is 2.13. The Morgan fingerprint density at radius 3 is 2.56 bits per heavy atom. The summed E-state index contributed by atoms with van der Waals surface area (Å²) in [6.07, 6.45) is 1.02. The van der Waals surface area contributed by atoms with Gasteiger partial charge in [0.1, 0.15) is 10.0 Å². The summed E-state index contributed by atoms with van der Waals surface area (Å²) in [5.41, 5.74) is 1.11. The SMILES string of the molecule is CCC(Br)c1nnc(-c2ccc(Br)cc2)s1. The normalized spacial score (nSPS) is 12.7. The Morgan fingerprint density at radius 2 is 1.94 bits per heavy atom. The molecule has 84 valence electrons. The van der Waals surface area contributed by atoms with Crippen molar-refractivity contribution in [3.63, 3.8) is 0 Å². The maximum Gasteiger partial charge on any atom is 0.147 e. The molecule has 2 rings (SSSR count). The molecule has 0 aliphatic heterocycles. The van der Waals surface area contributed by atoms with Crippen LogP contribution in [0.25, 0.3) is 10.6 Å². The Morgan fingerprint density at radius 1 is 1.25 bits per heavy atom. The number of rotatable bonds is 3. The van der Waals surface area contributed by atoms with Crippen molar-refractivity contribution in [1.82, 2.24) is 10.2 Å². The van der Waals surface area contributed by atoms with Gasteiger partial charge < -0.3 is 0 Å². The quantitative estimate of drug-likeness (QED) is 0.733. The van der Waals surface area contributed by atoms with E-state index in [2.05, 4.69) is 49.0 Å². The number of hydrogen-bond acceptors (Lipinski definition) is 3. The largest absolute Gasteiger partial charge is 0.147 e. The van der Waals surface area contributed by atoms with Crippen molar-refractivity contribution in [3.8, 4) is 10.6 Å². The Hall–Kier alpha value is -0.260. The van der Waals surface area contributed by atoms with Gasteiger partial charge in [0, 0.05) is 10.0 Å². The van der Waals surface area contributed by atoms with Gasteiger partial charge >= 0.3 is 0 Å².